The molecular formula is C15H24N2O3SSi. The zero-order valence-corrected chi connectivity index (χ0v) is 15.7. The third-order valence-corrected chi connectivity index (χ3v) is 6.46. The molecule has 0 spiro atoms. The molecule has 7 heteroatoms. The highest BCUT2D eigenvalue weighted by Gasteiger charge is 2.22. The van der Waals surface area contributed by atoms with Crippen LogP contribution >= 0.6 is 11.3 Å². The molecule has 5 nitrogen and oxygen atoms in total. The number of carboxylic acid groups (broad SMARTS) is 1. The van der Waals surface area contributed by atoms with Gasteiger partial charge in [0.05, 0.1) is 5.52 Å². The number of ether oxygens (including phenoxy) is 1. The Balaban J connectivity index is 2.25. The quantitative estimate of drug-likeness (QED) is 0.611. The van der Waals surface area contributed by atoms with Gasteiger partial charge in [0.1, 0.15) is 22.3 Å². The van der Waals surface area contributed by atoms with Crippen LogP contribution in [-0.2, 0) is 17.9 Å². The summed E-state index contributed by atoms with van der Waals surface area (Å²) in [7, 11) is -1.10. The molecule has 1 N–H and O–H groups in total. The lowest BCUT2D eigenvalue weighted by Gasteiger charge is -2.16. The Labute approximate surface area is 135 Å². The van der Waals surface area contributed by atoms with Gasteiger partial charge in [0.25, 0.3) is 0 Å². The van der Waals surface area contributed by atoms with Crippen molar-refractivity contribution in [1.82, 2.24) is 9.55 Å². The van der Waals surface area contributed by atoms with Gasteiger partial charge >= 0.3 is 5.97 Å². The van der Waals surface area contributed by atoms with Gasteiger partial charge in [-0.2, -0.15) is 0 Å². The molecule has 0 aromatic carbocycles. The van der Waals surface area contributed by atoms with Crippen molar-refractivity contribution in [2.24, 2.45) is 0 Å². The van der Waals surface area contributed by atoms with Crippen LogP contribution in [0.1, 0.15) is 28.0 Å². The number of rotatable bonds is 7. The fourth-order valence-corrected chi connectivity index (χ4v) is 4.27. The number of nitrogens with zero attached hydrogens (tertiary/aromatic N) is 2. The lowest BCUT2D eigenvalue weighted by molar-refractivity contribution is 0.0700. The van der Waals surface area contributed by atoms with E-state index < -0.39 is 14.0 Å². The minimum absolute atomic E-state index is 0.399. The Morgan fingerprint density at radius 1 is 1.41 bits per heavy atom. The van der Waals surface area contributed by atoms with Gasteiger partial charge in [-0.1, -0.05) is 26.6 Å². The number of aromatic carboxylic acids is 1. The van der Waals surface area contributed by atoms with Crippen LogP contribution in [0.4, 0.5) is 0 Å². The smallest absolute Gasteiger partial charge is 0.346 e. The van der Waals surface area contributed by atoms with E-state index >= 15 is 0 Å². The number of hydrogen-bond donors (Lipinski definition) is 1. The van der Waals surface area contributed by atoms with Crippen LogP contribution in [-0.4, -0.2) is 35.3 Å². The van der Waals surface area contributed by atoms with Crippen LogP contribution in [0.3, 0.4) is 0 Å². The van der Waals surface area contributed by atoms with Gasteiger partial charge in [0, 0.05) is 20.2 Å². The van der Waals surface area contributed by atoms with Gasteiger partial charge in [-0.15, -0.1) is 11.3 Å². The average Bonchev–Trinajstić information content (AvgIpc) is 2.89. The number of hydrogen-bond acceptors (Lipinski definition) is 4. The van der Waals surface area contributed by atoms with Crippen molar-refractivity contribution in [3.05, 3.63) is 16.3 Å². The highest BCUT2D eigenvalue weighted by atomic mass is 32.1. The monoisotopic (exact) mass is 340 g/mol. The van der Waals surface area contributed by atoms with Gasteiger partial charge in [0.2, 0.25) is 0 Å². The highest BCUT2D eigenvalue weighted by Crippen LogP contribution is 2.32. The van der Waals surface area contributed by atoms with Crippen molar-refractivity contribution in [1.29, 1.82) is 0 Å². The van der Waals surface area contributed by atoms with Crippen LogP contribution in [0, 0.1) is 6.92 Å². The molecule has 2 aromatic heterocycles. The summed E-state index contributed by atoms with van der Waals surface area (Å²) < 4.78 is 7.83. The van der Waals surface area contributed by atoms with Crippen LogP contribution in [0.5, 0.6) is 0 Å². The number of thiophene rings is 1. The maximum atomic E-state index is 11.4. The van der Waals surface area contributed by atoms with Crippen molar-refractivity contribution in [2.45, 2.75) is 52.7 Å². The van der Waals surface area contributed by atoms with Crippen molar-refractivity contribution >= 4 is 35.7 Å². The minimum atomic E-state index is -1.10. The molecule has 0 amide bonds. The lowest BCUT2D eigenvalue weighted by atomic mass is 10.2. The standard InChI is InChI=1S/C15H24N2O3SSi/c1-6-11-12-14(21-13(11)15(18)19)16-10(2)17(12)9-20-7-8-22(3,4)5/h6-9H2,1-5H3,(H,18,19). The Hall–Kier alpha value is -1.18. The lowest BCUT2D eigenvalue weighted by Crippen LogP contribution is -2.22. The molecule has 0 aliphatic heterocycles. The number of carbonyl (C=O) groups is 1. The van der Waals surface area contributed by atoms with Crippen LogP contribution in [0.2, 0.25) is 25.7 Å². The molecule has 122 valence electrons. The number of fused-ring (bicyclic) bond motifs is 1. The first kappa shape index (κ1) is 17.2. The number of aromatic nitrogens is 2. The van der Waals surface area contributed by atoms with E-state index in [1.54, 1.807) is 0 Å². The van der Waals surface area contributed by atoms with Crippen LogP contribution in [0.15, 0.2) is 0 Å². The Bertz CT molecular complexity index is 685. The van der Waals surface area contributed by atoms with E-state index in [1.807, 2.05) is 18.4 Å². The molecule has 0 bridgehead atoms. The van der Waals surface area contributed by atoms with Gasteiger partial charge in [-0.05, 0) is 19.4 Å². The summed E-state index contributed by atoms with van der Waals surface area (Å²) >= 11 is 1.25. The third kappa shape index (κ3) is 3.59. The normalized spacial score (nSPS) is 12.2. The summed E-state index contributed by atoms with van der Waals surface area (Å²) in [6.07, 6.45) is 0.682. The van der Waals surface area contributed by atoms with Gasteiger partial charge in [-0.25, -0.2) is 9.78 Å². The summed E-state index contributed by atoms with van der Waals surface area (Å²) in [4.78, 5) is 17.1. The van der Waals surface area contributed by atoms with E-state index in [9.17, 15) is 9.90 Å². The molecule has 0 unspecified atom stereocenters. The van der Waals surface area contributed by atoms with Crippen molar-refractivity contribution in [2.75, 3.05) is 6.61 Å². The molecule has 2 heterocycles. The first-order valence-electron chi connectivity index (χ1n) is 7.54. The van der Waals surface area contributed by atoms with E-state index in [0.29, 0.717) is 18.0 Å². The number of aryl methyl sites for hydroxylation is 2. The van der Waals surface area contributed by atoms with Crippen molar-refractivity contribution < 1.29 is 14.6 Å². The average molecular weight is 341 g/mol. The fraction of sp³-hybridized carbons (Fsp3) is 0.600. The zero-order valence-electron chi connectivity index (χ0n) is 13.9. The largest absolute Gasteiger partial charge is 0.477 e. The molecule has 0 saturated carbocycles. The summed E-state index contributed by atoms with van der Waals surface area (Å²) in [6.45, 7) is 12.1. The molecule has 2 rings (SSSR count). The Morgan fingerprint density at radius 2 is 2.09 bits per heavy atom. The van der Waals surface area contributed by atoms with Crippen LogP contribution in [0.25, 0.3) is 10.3 Å². The predicted octanol–water partition coefficient (Wildman–Crippen LogP) is 3.98. The van der Waals surface area contributed by atoms with Gasteiger partial charge in [-0.3, -0.25) is 0 Å². The van der Waals surface area contributed by atoms with E-state index in [4.69, 9.17) is 4.74 Å². The fourth-order valence-electron chi connectivity index (χ4n) is 2.36. The molecule has 0 aliphatic rings. The molecule has 0 radical (unpaired) electrons. The topological polar surface area (TPSA) is 64.3 Å². The molecular weight excluding hydrogens is 316 g/mol. The second-order valence-corrected chi connectivity index (χ2v) is 13.3. The third-order valence-electron chi connectivity index (χ3n) is 3.65. The summed E-state index contributed by atoms with van der Waals surface area (Å²) in [6, 6.07) is 1.12. The van der Waals surface area contributed by atoms with Crippen molar-refractivity contribution in [3.63, 3.8) is 0 Å². The first-order chi connectivity index (χ1) is 10.2. The molecule has 0 fully saturated rings. The number of imidazole rings is 1. The second kappa shape index (κ2) is 6.52. The number of carboxylic acids is 1. The van der Waals surface area contributed by atoms with E-state index in [0.717, 1.165) is 34.4 Å². The SMILES string of the molecule is CCc1c(C(=O)O)sc2nc(C)n(COCC[Si](C)(C)C)c12. The van der Waals surface area contributed by atoms with Crippen molar-refractivity contribution in [3.8, 4) is 0 Å². The minimum Gasteiger partial charge on any atom is -0.477 e. The molecule has 0 atom stereocenters. The summed E-state index contributed by atoms with van der Waals surface area (Å²) in [5.41, 5.74) is 1.79. The molecule has 0 aliphatic carbocycles. The predicted molar refractivity (Wildman–Crippen MR) is 92.8 cm³/mol. The maximum Gasteiger partial charge on any atom is 0.346 e. The zero-order chi connectivity index (χ0) is 16.5. The molecule has 0 saturated heterocycles. The van der Waals surface area contributed by atoms with Gasteiger partial charge in [0.15, 0.2) is 0 Å². The van der Waals surface area contributed by atoms with E-state index in [2.05, 4.69) is 24.6 Å². The first-order valence-corrected chi connectivity index (χ1v) is 12.1. The summed E-state index contributed by atoms with van der Waals surface area (Å²) in [5.74, 6) is 0.00426. The summed E-state index contributed by atoms with van der Waals surface area (Å²) in [5, 5.41) is 9.33. The Morgan fingerprint density at radius 3 is 2.64 bits per heavy atom. The van der Waals surface area contributed by atoms with E-state index in [-0.39, 0.29) is 0 Å². The van der Waals surface area contributed by atoms with Gasteiger partial charge < -0.3 is 14.4 Å². The molecule has 2 aromatic rings. The maximum absolute atomic E-state index is 11.4. The second-order valence-electron chi connectivity index (χ2n) is 6.66. The van der Waals surface area contributed by atoms with Crippen LogP contribution < -0.4 is 0 Å². The molecule has 22 heavy (non-hydrogen) atoms. The van der Waals surface area contributed by atoms with E-state index in [1.165, 1.54) is 11.3 Å². The Kier molecular flexibility index (Phi) is 5.09. The highest BCUT2D eigenvalue weighted by molar-refractivity contribution is 7.20.